The molecular formula is C8H18N2. The molecular weight excluding hydrogens is 124 g/mol. The van der Waals surface area contributed by atoms with Crippen molar-refractivity contribution >= 4 is 0 Å². The maximum atomic E-state index is 3.32. The van der Waals surface area contributed by atoms with E-state index in [0.29, 0.717) is 6.04 Å². The molecule has 2 nitrogen and oxygen atoms in total. The molecule has 0 spiro atoms. The van der Waals surface area contributed by atoms with Crippen molar-refractivity contribution in [2.24, 2.45) is 5.92 Å². The molecule has 0 aromatic rings. The third-order valence-corrected chi connectivity index (χ3v) is 2.25. The lowest BCUT2D eigenvalue weighted by atomic mass is 9.97. The van der Waals surface area contributed by atoms with Gasteiger partial charge in [0.2, 0.25) is 0 Å². The monoisotopic (exact) mass is 142 g/mol. The number of hydrogen-bond donors (Lipinski definition) is 1. The molecule has 1 N–H and O–H groups in total. The summed E-state index contributed by atoms with van der Waals surface area (Å²) in [5, 5.41) is 3.32. The zero-order chi connectivity index (χ0) is 7.56. The van der Waals surface area contributed by atoms with Gasteiger partial charge >= 0.3 is 0 Å². The maximum Gasteiger partial charge on any atom is 0.0194 e. The molecule has 0 saturated carbocycles. The second kappa shape index (κ2) is 3.35. The van der Waals surface area contributed by atoms with E-state index in [2.05, 4.69) is 31.2 Å². The summed E-state index contributed by atoms with van der Waals surface area (Å²) in [6.45, 7) is 4.79. The summed E-state index contributed by atoms with van der Waals surface area (Å²) in [7, 11) is 4.25. The molecule has 1 saturated heterocycles. The van der Waals surface area contributed by atoms with Gasteiger partial charge in [0, 0.05) is 19.1 Å². The Bertz CT molecular complexity index is 93.4. The Morgan fingerprint density at radius 2 is 2.10 bits per heavy atom. The van der Waals surface area contributed by atoms with Gasteiger partial charge in [-0.1, -0.05) is 6.92 Å². The zero-order valence-electron chi connectivity index (χ0n) is 7.22. The molecule has 0 aliphatic carbocycles. The summed E-state index contributed by atoms with van der Waals surface area (Å²) in [6.07, 6.45) is 1.33. The smallest absolute Gasteiger partial charge is 0.0194 e. The number of nitrogens with zero attached hydrogens (tertiary/aromatic N) is 1. The second-order valence-corrected chi connectivity index (χ2v) is 3.55. The van der Waals surface area contributed by atoms with Crippen LogP contribution in [0.3, 0.4) is 0 Å². The van der Waals surface area contributed by atoms with Gasteiger partial charge in [-0.05, 0) is 26.4 Å². The fraction of sp³-hybridized carbons (Fsp3) is 1.00. The quantitative estimate of drug-likeness (QED) is 0.575. The van der Waals surface area contributed by atoms with Crippen LogP contribution in [0, 0.1) is 5.92 Å². The number of piperidine rings is 1. The molecule has 1 heterocycles. The first-order chi connectivity index (χ1) is 4.72. The minimum Gasteiger partial charge on any atom is -0.316 e. The fourth-order valence-corrected chi connectivity index (χ4v) is 1.83. The Balaban J connectivity index is 2.35. The highest BCUT2D eigenvalue weighted by Crippen LogP contribution is 2.13. The Hall–Kier alpha value is -0.0800. The van der Waals surface area contributed by atoms with Crippen LogP contribution in [0.15, 0.2) is 0 Å². The van der Waals surface area contributed by atoms with Gasteiger partial charge in [0.05, 0.1) is 0 Å². The summed E-state index contributed by atoms with van der Waals surface area (Å²) >= 11 is 0. The number of likely N-dealkylation sites (N-methyl/N-ethyl adjacent to an activating group) is 2. The lowest BCUT2D eigenvalue weighted by Gasteiger charge is -2.33. The van der Waals surface area contributed by atoms with Crippen molar-refractivity contribution in [3.8, 4) is 0 Å². The van der Waals surface area contributed by atoms with Gasteiger partial charge in [-0.25, -0.2) is 0 Å². The summed E-state index contributed by atoms with van der Waals surface area (Å²) in [4.78, 5) is 2.40. The van der Waals surface area contributed by atoms with E-state index in [0.717, 1.165) is 5.92 Å². The molecule has 10 heavy (non-hydrogen) atoms. The third kappa shape index (κ3) is 1.96. The van der Waals surface area contributed by atoms with E-state index in [1.807, 2.05) is 0 Å². The normalized spacial score (nSPS) is 36.3. The highest BCUT2D eigenvalue weighted by Gasteiger charge is 2.20. The van der Waals surface area contributed by atoms with E-state index < -0.39 is 0 Å². The minimum atomic E-state index is 0.716. The number of likely N-dealkylation sites (tertiary alicyclic amines) is 1. The van der Waals surface area contributed by atoms with Crippen LogP contribution in [0.4, 0.5) is 0 Å². The van der Waals surface area contributed by atoms with Crippen molar-refractivity contribution in [2.45, 2.75) is 19.4 Å². The molecule has 2 atom stereocenters. The van der Waals surface area contributed by atoms with Gasteiger partial charge in [-0.2, -0.15) is 0 Å². The van der Waals surface area contributed by atoms with Gasteiger partial charge < -0.3 is 10.2 Å². The predicted octanol–water partition coefficient (Wildman–Crippen LogP) is 0.546. The molecule has 0 unspecified atom stereocenters. The molecule has 0 aromatic carbocycles. The Labute approximate surface area is 63.6 Å². The lowest BCUT2D eigenvalue weighted by molar-refractivity contribution is 0.184. The Morgan fingerprint density at radius 1 is 1.40 bits per heavy atom. The topological polar surface area (TPSA) is 15.3 Å². The highest BCUT2D eigenvalue weighted by molar-refractivity contribution is 4.78. The van der Waals surface area contributed by atoms with Crippen molar-refractivity contribution in [3.63, 3.8) is 0 Å². The molecule has 0 bridgehead atoms. The lowest BCUT2D eigenvalue weighted by Crippen LogP contribution is -2.45. The maximum absolute atomic E-state index is 3.32. The summed E-state index contributed by atoms with van der Waals surface area (Å²) < 4.78 is 0. The van der Waals surface area contributed by atoms with Gasteiger partial charge in [-0.15, -0.1) is 0 Å². The molecule has 60 valence electrons. The van der Waals surface area contributed by atoms with Crippen LogP contribution in [-0.4, -0.2) is 38.1 Å². The van der Waals surface area contributed by atoms with Crippen molar-refractivity contribution in [1.82, 2.24) is 10.2 Å². The number of nitrogens with one attached hydrogen (secondary N) is 1. The van der Waals surface area contributed by atoms with Crippen molar-refractivity contribution < 1.29 is 0 Å². The molecule has 1 rings (SSSR count). The molecule has 0 radical (unpaired) electrons. The molecule has 1 fully saturated rings. The van der Waals surface area contributed by atoms with E-state index in [9.17, 15) is 0 Å². The van der Waals surface area contributed by atoms with Crippen molar-refractivity contribution in [3.05, 3.63) is 0 Å². The van der Waals surface area contributed by atoms with Crippen LogP contribution < -0.4 is 5.32 Å². The number of rotatable bonds is 1. The van der Waals surface area contributed by atoms with Crippen LogP contribution in [-0.2, 0) is 0 Å². The fourth-order valence-electron chi connectivity index (χ4n) is 1.83. The summed E-state index contributed by atoms with van der Waals surface area (Å²) in [5.41, 5.74) is 0. The standard InChI is InChI=1S/C8H18N2/c1-7-4-8(9-2)6-10(3)5-7/h7-9H,4-6H2,1-3H3/t7-,8-/m1/s1. The van der Waals surface area contributed by atoms with E-state index >= 15 is 0 Å². The Kier molecular flexibility index (Phi) is 2.69. The average Bonchev–Trinajstić information content (AvgIpc) is 1.85. The summed E-state index contributed by atoms with van der Waals surface area (Å²) in [6, 6.07) is 0.716. The van der Waals surface area contributed by atoms with Crippen molar-refractivity contribution in [2.75, 3.05) is 27.2 Å². The largest absolute Gasteiger partial charge is 0.316 e. The van der Waals surface area contributed by atoms with Gasteiger partial charge in [0.25, 0.3) is 0 Å². The highest BCUT2D eigenvalue weighted by atomic mass is 15.1. The Morgan fingerprint density at radius 3 is 2.60 bits per heavy atom. The van der Waals surface area contributed by atoms with Gasteiger partial charge in [-0.3, -0.25) is 0 Å². The second-order valence-electron chi connectivity index (χ2n) is 3.55. The molecule has 0 aromatic heterocycles. The molecule has 1 aliphatic rings. The van der Waals surface area contributed by atoms with Gasteiger partial charge in [0.1, 0.15) is 0 Å². The molecule has 2 heteroatoms. The first-order valence-corrected chi connectivity index (χ1v) is 4.08. The number of hydrogen-bond acceptors (Lipinski definition) is 2. The molecule has 1 aliphatic heterocycles. The van der Waals surface area contributed by atoms with E-state index in [4.69, 9.17) is 0 Å². The SMILES string of the molecule is CN[C@@H]1C[C@@H](C)CN(C)C1. The van der Waals surface area contributed by atoms with E-state index in [1.165, 1.54) is 19.5 Å². The molecule has 0 amide bonds. The van der Waals surface area contributed by atoms with Gasteiger partial charge in [0.15, 0.2) is 0 Å². The van der Waals surface area contributed by atoms with Crippen LogP contribution in [0.1, 0.15) is 13.3 Å². The average molecular weight is 142 g/mol. The minimum absolute atomic E-state index is 0.716. The van der Waals surface area contributed by atoms with E-state index in [-0.39, 0.29) is 0 Å². The van der Waals surface area contributed by atoms with Crippen LogP contribution in [0.2, 0.25) is 0 Å². The van der Waals surface area contributed by atoms with Crippen LogP contribution >= 0.6 is 0 Å². The van der Waals surface area contributed by atoms with Crippen LogP contribution in [0.5, 0.6) is 0 Å². The predicted molar refractivity (Wildman–Crippen MR) is 44.1 cm³/mol. The van der Waals surface area contributed by atoms with E-state index in [1.54, 1.807) is 0 Å². The first-order valence-electron chi connectivity index (χ1n) is 4.08. The zero-order valence-corrected chi connectivity index (χ0v) is 7.22. The first kappa shape index (κ1) is 8.02. The third-order valence-electron chi connectivity index (χ3n) is 2.25. The van der Waals surface area contributed by atoms with Crippen molar-refractivity contribution in [1.29, 1.82) is 0 Å². The van der Waals surface area contributed by atoms with Crippen LogP contribution in [0.25, 0.3) is 0 Å². The summed E-state index contributed by atoms with van der Waals surface area (Å²) in [5.74, 6) is 0.858.